The number of para-hydroxylation sites is 1. The number of fused-ring (bicyclic) bond motifs is 5. The molecule has 4 aromatic carbocycles. The van der Waals surface area contributed by atoms with Crippen LogP contribution in [0.25, 0.3) is 11.1 Å². The number of amides is 2. The minimum atomic E-state index is -1.45. The Balaban J connectivity index is 1.40. The molecule has 166 valence electrons. The highest BCUT2D eigenvalue weighted by Gasteiger charge is 2.60. The zero-order chi connectivity index (χ0) is 23.1. The predicted molar refractivity (Wildman–Crippen MR) is 130 cm³/mol. The van der Waals surface area contributed by atoms with Crippen molar-refractivity contribution in [2.45, 2.75) is 12.1 Å². The SMILES string of the molecule is O=C1OC2(C(=O)N1CN(Cc1ccccc1)c1ccccc1)c1ccccc1-c1ccccc12. The van der Waals surface area contributed by atoms with E-state index in [9.17, 15) is 9.59 Å². The second-order valence-corrected chi connectivity index (χ2v) is 8.53. The summed E-state index contributed by atoms with van der Waals surface area (Å²) in [4.78, 5) is 30.5. The quantitative estimate of drug-likeness (QED) is 0.403. The normalized spacial score (nSPS) is 15.2. The summed E-state index contributed by atoms with van der Waals surface area (Å²) in [5, 5.41) is 0. The third kappa shape index (κ3) is 3.01. The number of rotatable bonds is 5. The maximum Gasteiger partial charge on any atom is 0.419 e. The molecule has 0 atom stereocenters. The molecule has 0 aromatic heterocycles. The molecule has 1 spiro atoms. The van der Waals surface area contributed by atoms with E-state index in [2.05, 4.69) is 0 Å². The van der Waals surface area contributed by atoms with Gasteiger partial charge in [0.05, 0.1) is 0 Å². The van der Waals surface area contributed by atoms with Crippen molar-refractivity contribution in [3.63, 3.8) is 0 Å². The van der Waals surface area contributed by atoms with Crippen LogP contribution in [0.1, 0.15) is 16.7 Å². The van der Waals surface area contributed by atoms with Gasteiger partial charge in [-0.15, -0.1) is 0 Å². The van der Waals surface area contributed by atoms with Gasteiger partial charge in [0.2, 0.25) is 5.60 Å². The number of carbonyl (C=O) groups is 2. The zero-order valence-corrected chi connectivity index (χ0v) is 18.4. The Morgan fingerprint density at radius 3 is 1.82 bits per heavy atom. The van der Waals surface area contributed by atoms with Crippen LogP contribution in [0, 0.1) is 0 Å². The molecule has 0 N–H and O–H groups in total. The smallest absolute Gasteiger partial charge is 0.419 e. The lowest BCUT2D eigenvalue weighted by Gasteiger charge is -2.28. The van der Waals surface area contributed by atoms with E-state index >= 15 is 0 Å². The van der Waals surface area contributed by atoms with Gasteiger partial charge in [0.1, 0.15) is 6.67 Å². The Morgan fingerprint density at radius 2 is 1.21 bits per heavy atom. The second-order valence-electron chi connectivity index (χ2n) is 8.53. The zero-order valence-electron chi connectivity index (χ0n) is 18.4. The van der Waals surface area contributed by atoms with E-state index in [1.54, 1.807) is 0 Å². The number of hydrogen-bond donors (Lipinski definition) is 0. The Hall–Kier alpha value is -4.38. The van der Waals surface area contributed by atoms with Crippen LogP contribution in [-0.4, -0.2) is 23.6 Å². The number of imide groups is 1. The van der Waals surface area contributed by atoms with Gasteiger partial charge < -0.3 is 9.64 Å². The van der Waals surface area contributed by atoms with Gasteiger partial charge in [-0.2, -0.15) is 0 Å². The number of anilines is 1. The van der Waals surface area contributed by atoms with Crippen LogP contribution in [0.4, 0.5) is 10.5 Å². The summed E-state index contributed by atoms with van der Waals surface area (Å²) in [5.74, 6) is -0.358. The molecule has 0 saturated carbocycles. The third-order valence-electron chi connectivity index (χ3n) is 6.56. The first-order valence-corrected chi connectivity index (χ1v) is 11.3. The minimum Gasteiger partial charge on any atom is -0.422 e. The van der Waals surface area contributed by atoms with Crippen molar-refractivity contribution >= 4 is 17.7 Å². The largest absolute Gasteiger partial charge is 0.422 e. The van der Waals surface area contributed by atoms with Crippen LogP contribution in [-0.2, 0) is 21.7 Å². The molecule has 0 radical (unpaired) electrons. The minimum absolute atomic E-state index is 0.0860. The molecule has 5 heteroatoms. The molecule has 1 heterocycles. The topological polar surface area (TPSA) is 49.9 Å². The molecule has 0 bridgehead atoms. The van der Waals surface area contributed by atoms with Crippen LogP contribution < -0.4 is 4.90 Å². The summed E-state index contributed by atoms with van der Waals surface area (Å²) in [7, 11) is 0. The second kappa shape index (κ2) is 7.89. The summed E-state index contributed by atoms with van der Waals surface area (Å²) in [6, 6.07) is 35.1. The Morgan fingerprint density at radius 1 is 0.676 bits per heavy atom. The molecule has 1 saturated heterocycles. The van der Waals surface area contributed by atoms with Crippen molar-refractivity contribution in [3.8, 4) is 11.1 Å². The number of carbonyl (C=O) groups excluding carboxylic acids is 2. The molecule has 1 aliphatic heterocycles. The Kier molecular flexibility index (Phi) is 4.69. The average Bonchev–Trinajstić information content (AvgIpc) is 3.31. The predicted octanol–water partition coefficient (Wildman–Crippen LogP) is 5.55. The van der Waals surface area contributed by atoms with E-state index in [1.807, 2.05) is 114 Å². The summed E-state index contributed by atoms with van der Waals surface area (Å²) in [5.41, 5.74) is 3.82. The van der Waals surface area contributed by atoms with Gasteiger partial charge in [-0.1, -0.05) is 97.1 Å². The van der Waals surface area contributed by atoms with Gasteiger partial charge >= 0.3 is 6.09 Å². The van der Waals surface area contributed by atoms with E-state index in [0.29, 0.717) is 17.7 Å². The van der Waals surface area contributed by atoms with E-state index in [4.69, 9.17) is 4.74 Å². The highest BCUT2D eigenvalue weighted by Crippen LogP contribution is 2.52. The van der Waals surface area contributed by atoms with E-state index in [-0.39, 0.29) is 12.6 Å². The first kappa shape index (κ1) is 20.2. The van der Waals surface area contributed by atoms with Crippen LogP contribution in [0.5, 0.6) is 0 Å². The molecule has 1 aliphatic carbocycles. The number of hydrogen-bond acceptors (Lipinski definition) is 4. The highest BCUT2D eigenvalue weighted by molar-refractivity contribution is 6.09. The molecule has 5 nitrogen and oxygen atoms in total. The highest BCUT2D eigenvalue weighted by atomic mass is 16.6. The summed E-state index contributed by atoms with van der Waals surface area (Å²) >= 11 is 0. The number of nitrogens with zero attached hydrogens (tertiary/aromatic N) is 2. The van der Waals surface area contributed by atoms with Gasteiger partial charge in [-0.3, -0.25) is 4.79 Å². The number of ether oxygens (including phenoxy) is 1. The fraction of sp³-hybridized carbons (Fsp3) is 0.103. The van der Waals surface area contributed by atoms with Crippen LogP contribution in [0.2, 0.25) is 0 Å². The maximum absolute atomic E-state index is 14.0. The molecule has 0 unspecified atom stereocenters. The lowest BCUT2D eigenvalue weighted by Crippen LogP contribution is -2.44. The first-order valence-electron chi connectivity index (χ1n) is 11.3. The van der Waals surface area contributed by atoms with Crippen molar-refractivity contribution in [1.82, 2.24) is 4.90 Å². The van der Waals surface area contributed by atoms with Crippen molar-refractivity contribution in [3.05, 3.63) is 126 Å². The monoisotopic (exact) mass is 446 g/mol. The lowest BCUT2D eigenvalue weighted by molar-refractivity contribution is -0.134. The Labute approximate surface area is 197 Å². The number of benzene rings is 4. The summed E-state index contributed by atoms with van der Waals surface area (Å²) in [6.45, 7) is 0.630. The molecular weight excluding hydrogens is 424 g/mol. The van der Waals surface area contributed by atoms with Crippen LogP contribution in [0.3, 0.4) is 0 Å². The molecule has 2 amide bonds. The Bertz CT molecular complexity index is 1340. The van der Waals surface area contributed by atoms with E-state index < -0.39 is 11.7 Å². The van der Waals surface area contributed by atoms with Gasteiger partial charge in [-0.05, 0) is 28.8 Å². The fourth-order valence-corrected chi connectivity index (χ4v) is 5.00. The molecule has 2 aliphatic rings. The summed E-state index contributed by atoms with van der Waals surface area (Å²) < 4.78 is 5.99. The molecule has 4 aromatic rings. The van der Waals surface area contributed by atoms with Gasteiger partial charge in [0, 0.05) is 23.4 Å². The van der Waals surface area contributed by atoms with Crippen molar-refractivity contribution in [2.24, 2.45) is 0 Å². The van der Waals surface area contributed by atoms with Crippen molar-refractivity contribution in [2.75, 3.05) is 11.6 Å². The third-order valence-corrected chi connectivity index (χ3v) is 6.56. The first-order chi connectivity index (χ1) is 16.7. The molecule has 6 rings (SSSR count). The van der Waals surface area contributed by atoms with Gasteiger partial charge in [-0.25, -0.2) is 9.69 Å². The van der Waals surface area contributed by atoms with Crippen molar-refractivity contribution < 1.29 is 14.3 Å². The maximum atomic E-state index is 14.0. The van der Waals surface area contributed by atoms with Crippen molar-refractivity contribution in [1.29, 1.82) is 0 Å². The summed E-state index contributed by atoms with van der Waals surface area (Å²) in [6.07, 6.45) is -0.634. The van der Waals surface area contributed by atoms with E-state index in [1.165, 1.54) is 4.90 Å². The van der Waals surface area contributed by atoms with Gasteiger partial charge in [0.15, 0.2) is 0 Å². The molecular formula is C29H22N2O3. The van der Waals surface area contributed by atoms with Crippen LogP contribution >= 0.6 is 0 Å². The van der Waals surface area contributed by atoms with Crippen LogP contribution in [0.15, 0.2) is 109 Å². The molecule has 34 heavy (non-hydrogen) atoms. The van der Waals surface area contributed by atoms with Gasteiger partial charge in [0.25, 0.3) is 5.91 Å². The molecule has 1 fully saturated rings. The van der Waals surface area contributed by atoms with E-state index in [0.717, 1.165) is 22.4 Å². The fourth-order valence-electron chi connectivity index (χ4n) is 5.00. The lowest BCUT2D eigenvalue weighted by atomic mass is 9.90. The standard InChI is InChI=1S/C29H22N2O3/c32-27-29(25-17-9-7-15-23(25)24-16-8-10-18-26(24)29)34-28(33)31(27)20-30(22-13-5-2-6-14-22)19-21-11-3-1-4-12-21/h1-18H,19-20H2. The average molecular weight is 447 g/mol.